The summed E-state index contributed by atoms with van der Waals surface area (Å²) in [6, 6.07) is 15.1. The topological polar surface area (TPSA) is 98.1 Å². The molecule has 2 rings (SSSR count). The van der Waals surface area contributed by atoms with Crippen LogP contribution in [0.15, 0.2) is 59.7 Å². The smallest absolute Gasteiger partial charge is 0.221 e. The fourth-order valence-corrected chi connectivity index (χ4v) is 2.17. The molecule has 22 heavy (non-hydrogen) atoms. The summed E-state index contributed by atoms with van der Waals surface area (Å²) in [4.78, 5) is 13.8. The van der Waals surface area contributed by atoms with Gasteiger partial charge in [0.05, 0.1) is 12.1 Å². The molecule has 0 aliphatic carbocycles. The van der Waals surface area contributed by atoms with Crippen molar-refractivity contribution in [3.8, 4) is 0 Å². The van der Waals surface area contributed by atoms with Gasteiger partial charge in [-0.1, -0.05) is 47.6 Å². The minimum absolute atomic E-state index is 0.163. The molecule has 0 fully saturated rings. The zero-order chi connectivity index (χ0) is 15.9. The standard InChI is InChI=1S/C16H16N4O2/c1-11(21)18-14-9-7-12(8-10-14)15(19-20-17)16(22)13-5-3-2-4-6-13/h2-10,15-16,22H,1H3,(H,18,21). The molecule has 0 saturated heterocycles. The Morgan fingerprint density at radius 3 is 2.32 bits per heavy atom. The Labute approximate surface area is 128 Å². The number of carbonyl (C=O) groups excluding carboxylic acids is 1. The van der Waals surface area contributed by atoms with Crippen LogP contribution in [0.25, 0.3) is 10.4 Å². The second kappa shape index (κ2) is 7.26. The Kier molecular flexibility index (Phi) is 5.14. The van der Waals surface area contributed by atoms with Gasteiger partial charge in [-0.25, -0.2) is 0 Å². The summed E-state index contributed by atoms with van der Waals surface area (Å²) in [5.74, 6) is -0.163. The number of nitrogens with zero attached hydrogens (tertiary/aromatic N) is 3. The average Bonchev–Trinajstić information content (AvgIpc) is 2.53. The first-order valence-corrected chi connectivity index (χ1v) is 6.76. The van der Waals surface area contributed by atoms with Gasteiger partial charge < -0.3 is 10.4 Å². The molecular weight excluding hydrogens is 280 g/mol. The van der Waals surface area contributed by atoms with Crippen LogP contribution in [0.5, 0.6) is 0 Å². The lowest BCUT2D eigenvalue weighted by Gasteiger charge is -2.19. The summed E-state index contributed by atoms with van der Waals surface area (Å²) >= 11 is 0. The molecule has 0 aliphatic heterocycles. The van der Waals surface area contributed by atoms with Gasteiger partial charge in [0.2, 0.25) is 5.91 Å². The van der Waals surface area contributed by atoms with Gasteiger partial charge in [-0.05, 0) is 28.8 Å². The fraction of sp³-hybridized carbons (Fsp3) is 0.188. The van der Waals surface area contributed by atoms with Crippen molar-refractivity contribution < 1.29 is 9.90 Å². The largest absolute Gasteiger partial charge is 0.388 e. The number of benzene rings is 2. The van der Waals surface area contributed by atoms with Crippen LogP contribution < -0.4 is 5.32 Å². The highest BCUT2D eigenvalue weighted by molar-refractivity contribution is 5.88. The van der Waals surface area contributed by atoms with Gasteiger partial charge in [0, 0.05) is 17.5 Å². The van der Waals surface area contributed by atoms with Crippen molar-refractivity contribution in [3.05, 3.63) is 76.2 Å². The van der Waals surface area contributed by atoms with E-state index in [9.17, 15) is 9.90 Å². The lowest BCUT2D eigenvalue weighted by molar-refractivity contribution is -0.114. The molecule has 0 saturated carbocycles. The van der Waals surface area contributed by atoms with E-state index < -0.39 is 12.1 Å². The lowest BCUT2D eigenvalue weighted by Crippen LogP contribution is -2.09. The van der Waals surface area contributed by atoms with Gasteiger partial charge in [-0.2, -0.15) is 0 Å². The van der Waals surface area contributed by atoms with Crippen molar-refractivity contribution in [1.82, 2.24) is 0 Å². The van der Waals surface area contributed by atoms with Crippen molar-refractivity contribution in [2.24, 2.45) is 5.11 Å². The quantitative estimate of drug-likeness (QED) is 0.499. The summed E-state index contributed by atoms with van der Waals surface area (Å²) < 4.78 is 0. The van der Waals surface area contributed by atoms with E-state index in [1.807, 2.05) is 18.2 Å². The van der Waals surface area contributed by atoms with Gasteiger partial charge >= 0.3 is 0 Å². The van der Waals surface area contributed by atoms with E-state index >= 15 is 0 Å². The normalized spacial score (nSPS) is 12.8. The molecule has 6 nitrogen and oxygen atoms in total. The van der Waals surface area contributed by atoms with Crippen molar-refractivity contribution in [2.75, 3.05) is 5.32 Å². The zero-order valence-corrected chi connectivity index (χ0v) is 12.0. The fourth-order valence-electron chi connectivity index (χ4n) is 2.17. The van der Waals surface area contributed by atoms with E-state index in [-0.39, 0.29) is 5.91 Å². The van der Waals surface area contributed by atoms with Crippen LogP contribution in [0.2, 0.25) is 0 Å². The second-order valence-electron chi connectivity index (χ2n) is 4.81. The Bertz CT molecular complexity index is 679. The van der Waals surface area contributed by atoms with Crippen molar-refractivity contribution >= 4 is 11.6 Å². The first kappa shape index (κ1) is 15.6. The third kappa shape index (κ3) is 3.85. The van der Waals surface area contributed by atoms with Crippen molar-refractivity contribution in [2.45, 2.75) is 19.1 Å². The van der Waals surface area contributed by atoms with Crippen LogP contribution >= 0.6 is 0 Å². The van der Waals surface area contributed by atoms with E-state index in [1.165, 1.54) is 6.92 Å². The van der Waals surface area contributed by atoms with Crippen LogP contribution in [-0.2, 0) is 4.79 Å². The van der Waals surface area contributed by atoms with E-state index in [1.54, 1.807) is 36.4 Å². The van der Waals surface area contributed by atoms with E-state index in [2.05, 4.69) is 15.3 Å². The average molecular weight is 296 g/mol. The van der Waals surface area contributed by atoms with E-state index in [4.69, 9.17) is 5.53 Å². The molecule has 0 bridgehead atoms. The summed E-state index contributed by atoms with van der Waals surface area (Å²) in [7, 11) is 0. The number of azide groups is 1. The lowest BCUT2D eigenvalue weighted by atomic mass is 9.96. The van der Waals surface area contributed by atoms with Gasteiger partial charge in [-0.15, -0.1) is 0 Å². The highest BCUT2D eigenvalue weighted by Crippen LogP contribution is 2.32. The molecule has 2 unspecified atom stereocenters. The summed E-state index contributed by atoms with van der Waals surface area (Å²) in [6.45, 7) is 1.43. The molecule has 0 spiro atoms. The Morgan fingerprint density at radius 1 is 1.14 bits per heavy atom. The maximum atomic E-state index is 11.0. The maximum Gasteiger partial charge on any atom is 0.221 e. The number of amides is 1. The van der Waals surface area contributed by atoms with Crippen molar-refractivity contribution in [3.63, 3.8) is 0 Å². The molecule has 2 aromatic rings. The van der Waals surface area contributed by atoms with Crippen LogP contribution in [-0.4, -0.2) is 11.0 Å². The van der Waals surface area contributed by atoms with E-state index in [0.29, 0.717) is 16.8 Å². The molecule has 2 aromatic carbocycles. The molecule has 6 heteroatoms. The number of aliphatic hydroxyl groups is 1. The van der Waals surface area contributed by atoms with Crippen LogP contribution in [0.1, 0.15) is 30.2 Å². The SMILES string of the molecule is CC(=O)Nc1ccc(C(N=[N+]=[N-])C(O)c2ccccc2)cc1. The number of rotatable bonds is 5. The summed E-state index contributed by atoms with van der Waals surface area (Å²) in [6.07, 6.45) is -0.941. The van der Waals surface area contributed by atoms with Gasteiger partial charge in [0.15, 0.2) is 0 Å². The molecular formula is C16H16N4O2. The maximum absolute atomic E-state index is 11.0. The highest BCUT2D eigenvalue weighted by atomic mass is 16.3. The number of carbonyl (C=O) groups is 1. The minimum atomic E-state index is -0.941. The first-order valence-electron chi connectivity index (χ1n) is 6.76. The number of hydrogen-bond donors (Lipinski definition) is 2. The van der Waals surface area contributed by atoms with Gasteiger partial charge in [0.25, 0.3) is 0 Å². The minimum Gasteiger partial charge on any atom is -0.388 e. The molecule has 0 radical (unpaired) electrons. The molecule has 2 N–H and O–H groups in total. The molecule has 0 aromatic heterocycles. The Hall–Kier alpha value is -2.82. The summed E-state index contributed by atoms with van der Waals surface area (Å²) in [5.41, 5.74) is 10.7. The van der Waals surface area contributed by atoms with E-state index in [0.717, 1.165) is 0 Å². The van der Waals surface area contributed by atoms with Crippen LogP contribution in [0, 0.1) is 0 Å². The predicted octanol–water partition coefficient (Wildman–Crippen LogP) is 3.73. The monoisotopic (exact) mass is 296 g/mol. The second-order valence-corrected chi connectivity index (χ2v) is 4.81. The molecule has 0 heterocycles. The predicted molar refractivity (Wildman–Crippen MR) is 84.0 cm³/mol. The molecule has 2 atom stereocenters. The first-order chi connectivity index (χ1) is 10.6. The van der Waals surface area contributed by atoms with Crippen LogP contribution in [0.3, 0.4) is 0 Å². The third-order valence-electron chi connectivity index (χ3n) is 3.19. The van der Waals surface area contributed by atoms with Crippen LogP contribution in [0.4, 0.5) is 5.69 Å². The number of hydrogen-bond acceptors (Lipinski definition) is 3. The highest BCUT2D eigenvalue weighted by Gasteiger charge is 2.21. The molecule has 0 aliphatic rings. The Morgan fingerprint density at radius 2 is 1.77 bits per heavy atom. The third-order valence-corrected chi connectivity index (χ3v) is 3.19. The zero-order valence-electron chi connectivity index (χ0n) is 12.0. The molecule has 1 amide bonds. The summed E-state index contributed by atoms with van der Waals surface area (Å²) in [5, 5.41) is 16.8. The number of nitrogens with one attached hydrogen (secondary N) is 1. The number of aliphatic hydroxyl groups excluding tert-OH is 1. The Balaban J connectivity index is 2.28. The van der Waals surface area contributed by atoms with Gasteiger partial charge in [0.1, 0.15) is 0 Å². The molecule has 112 valence electrons. The van der Waals surface area contributed by atoms with Crippen molar-refractivity contribution in [1.29, 1.82) is 0 Å². The number of anilines is 1. The van der Waals surface area contributed by atoms with Gasteiger partial charge in [-0.3, -0.25) is 4.79 Å².